The van der Waals surface area contributed by atoms with Crippen LogP contribution in [0, 0.1) is 17.6 Å². The lowest BCUT2D eigenvalue weighted by molar-refractivity contribution is -0.0388. The Kier molecular flexibility index (Phi) is 4.99. The minimum Gasteiger partial charge on any atom is -0.391 e. The van der Waals surface area contributed by atoms with E-state index in [1.807, 2.05) is 19.0 Å². The number of aliphatic hydroxyl groups is 1. The number of halogens is 2. The van der Waals surface area contributed by atoms with E-state index in [9.17, 15) is 13.9 Å². The summed E-state index contributed by atoms with van der Waals surface area (Å²) in [6.45, 7) is 2.21. The number of likely N-dealkylation sites (N-methyl/N-ethyl adjacent to an activating group) is 1. The van der Waals surface area contributed by atoms with Crippen molar-refractivity contribution in [3.05, 3.63) is 35.4 Å². The lowest BCUT2D eigenvalue weighted by Crippen LogP contribution is -2.56. The first-order valence-corrected chi connectivity index (χ1v) is 7.65. The Hall–Kier alpha value is -1.00. The number of aliphatic hydroxyl groups excluding tert-OH is 1. The molecule has 1 aromatic rings. The molecular weight excluding hydrogens is 272 g/mol. The van der Waals surface area contributed by atoms with Crippen LogP contribution in [-0.4, -0.2) is 35.7 Å². The summed E-state index contributed by atoms with van der Waals surface area (Å²) in [5.74, 6) is -0.505. The van der Waals surface area contributed by atoms with Crippen LogP contribution in [0.1, 0.15) is 38.2 Å². The van der Waals surface area contributed by atoms with E-state index in [0.717, 1.165) is 25.7 Å². The van der Waals surface area contributed by atoms with Gasteiger partial charge < -0.3 is 10.0 Å². The average Bonchev–Trinajstić information content (AvgIpc) is 2.43. The van der Waals surface area contributed by atoms with E-state index < -0.39 is 17.7 Å². The summed E-state index contributed by atoms with van der Waals surface area (Å²) in [4.78, 5) is 2.03. The van der Waals surface area contributed by atoms with Gasteiger partial charge in [0, 0.05) is 17.5 Å². The van der Waals surface area contributed by atoms with E-state index in [-0.39, 0.29) is 17.5 Å². The zero-order valence-electron chi connectivity index (χ0n) is 13.1. The molecule has 1 unspecified atom stereocenters. The van der Waals surface area contributed by atoms with E-state index in [1.165, 1.54) is 18.2 Å². The second-order valence-corrected chi connectivity index (χ2v) is 6.60. The lowest BCUT2D eigenvalue weighted by Gasteiger charge is -2.47. The topological polar surface area (TPSA) is 23.5 Å². The van der Waals surface area contributed by atoms with Crippen LogP contribution in [0.3, 0.4) is 0 Å². The molecule has 1 N–H and O–H groups in total. The second-order valence-electron chi connectivity index (χ2n) is 6.60. The lowest BCUT2D eigenvalue weighted by atomic mass is 9.72. The molecule has 0 bridgehead atoms. The van der Waals surface area contributed by atoms with Crippen LogP contribution >= 0.6 is 0 Å². The van der Waals surface area contributed by atoms with E-state index >= 15 is 0 Å². The Morgan fingerprint density at radius 2 is 1.76 bits per heavy atom. The number of hydrogen-bond donors (Lipinski definition) is 1. The molecule has 0 heterocycles. The average molecular weight is 297 g/mol. The van der Waals surface area contributed by atoms with Gasteiger partial charge in [-0.15, -0.1) is 0 Å². The molecule has 1 aliphatic rings. The molecule has 21 heavy (non-hydrogen) atoms. The van der Waals surface area contributed by atoms with Gasteiger partial charge in [-0.2, -0.15) is 0 Å². The Morgan fingerprint density at radius 3 is 2.24 bits per heavy atom. The molecule has 1 saturated carbocycles. The highest BCUT2D eigenvalue weighted by atomic mass is 19.1. The molecular formula is C17H25F2NO. The van der Waals surface area contributed by atoms with Crippen LogP contribution in [0.2, 0.25) is 0 Å². The fourth-order valence-corrected chi connectivity index (χ4v) is 3.45. The van der Waals surface area contributed by atoms with Crippen molar-refractivity contribution >= 4 is 0 Å². The van der Waals surface area contributed by atoms with Crippen LogP contribution in [0.15, 0.2) is 18.2 Å². The summed E-state index contributed by atoms with van der Waals surface area (Å²) >= 11 is 0. The molecule has 118 valence electrons. The number of hydrogen-bond acceptors (Lipinski definition) is 2. The maximum atomic E-state index is 13.8. The predicted molar refractivity (Wildman–Crippen MR) is 80.1 cm³/mol. The van der Waals surface area contributed by atoms with Gasteiger partial charge in [0.1, 0.15) is 11.6 Å². The Balaban J connectivity index is 2.22. The van der Waals surface area contributed by atoms with E-state index in [1.54, 1.807) is 0 Å². The van der Waals surface area contributed by atoms with Crippen molar-refractivity contribution < 1.29 is 13.9 Å². The third-order valence-electron chi connectivity index (χ3n) is 5.11. The summed E-state index contributed by atoms with van der Waals surface area (Å²) in [6, 6.07) is 3.84. The van der Waals surface area contributed by atoms with Gasteiger partial charge in [-0.3, -0.25) is 0 Å². The van der Waals surface area contributed by atoms with E-state index in [4.69, 9.17) is 0 Å². The van der Waals surface area contributed by atoms with E-state index in [2.05, 4.69) is 6.92 Å². The quantitative estimate of drug-likeness (QED) is 0.921. The predicted octanol–water partition coefficient (Wildman–Crippen LogP) is 3.38. The van der Waals surface area contributed by atoms with Crippen LogP contribution in [0.4, 0.5) is 8.78 Å². The normalized spacial score (nSPS) is 27.9. The molecule has 0 aliphatic heterocycles. The van der Waals surface area contributed by atoms with E-state index in [0.29, 0.717) is 5.92 Å². The Bertz CT molecular complexity index is 461. The third kappa shape index (κ3) is 3.27. The van der Waals surface area contributed by atoms with Crippen LogP contribution in [-0.2, 0) is 6.42 Å². The summed E-state index contributed by atoms with van der Waals surface area (Å²) in [5.41, 5.74) is -0.397. The molecule has 4 heteroatoms. The van der Waals surface area contributed by atoms with Crippen molar-refractivity contribution in [3.63, 3.8) is 0 Å². The molecule has 2 rings (SSSR count). The first kappa shape index (κ1) is 16.4. The van der Waals surface area contributed by atoms with Crippen molar-refractivity contribution in [1.82, 2.24) is 4.90 Å². The van der Waals surface area contributed by atoms with Crippen molar-refractivity contribution in [2.45, 2.75) is 50.7 Å². The van der Waals surface area contributed by atoms with Crippen molar-refractivity contribution in [1.29, 1.82) is 0 Å². The summed E-state index contributed by atoms with van der Waals surface area (Å²) in [6.07, 6.45) is 3.04. The maximum Gasteiger partial charge on any atom is 0.129 e. The van der Waals surface area contributed by atoms with Gasteiger partial charge in [0.15, 0.2) is 0 Å². The number of nitrogens with zero attached hydrogens (tertiary/aromatic N) is 1. The molecule has 1 aliphatic carbocycles. The van der Waals surface area contributed by atoms with Crippen LogP contribution in [0.5, 0.6) is 0 Å². The monoisotopic (exact) mass is 297 g/mol. The zero-order valence-corrected chi connectivity index (χ0v) is 13.1. The van der Waals surface area contributed by atoms with Gasteiger partial charge in [-0.25, -0.2) is 8.78 Å². The highest BCUT2D eigenvalue weighted by molar-refractivity contribution is 5.21. The first-order valence-electron chi connectivity index (χ1n) is 7.65. The molecule has 0 aromatic heterocycles. The fourth-order valence-electron chi connectivity index (χ4n) is 3.45. The minimum absolute atomic E-state index is 0.00940. The van der Waals surface area contributed by atoms with Gasteiger partial charge >= 0.3 is 0 Å². The summed E-state index contributed by atoms with van der Waals surface area (Å²) in [5, 5.41) is 10.7. The highest BCUT2D eigenvalue weighted by Crippen LogP contribution is 2.39. The molecule has 2 nitrogen and oxygen atoms in total. The Morgan fingerprint density at radius 1 is 1.24 bits per heavy atom. The highest BCUT2D eigenvalue weighted by Gasteiger charge is 2.42. The second kappa shape index (κ2) is 6.41. The molecule has 0 amide bonds. The Labute approximate surface area is 125 Å². The van der Waals surface area contributed by atoms with Gasteiger partial charge in [-0.1, -0.05) is 13.0 Å². The molecule has 1 fully saturated rings. The number of rotatable bonds is 4. The largest absolute Gasteiger partial charge is 0.391 e. The van der Waals surface area contributed by atoms with Gasteiger partial charge in [0.05, 0.1) is 6.10 Å². The van der Waals surface area contributed by atoms with Crippen LogP contribution < -0.4 is 0 Å². The fraction of sp³-hybridized carbons (Fsp3) is 0.647. The minimum atomic E-state index is -0.772. The van der Waals surface area contributed by atoms with Gasteiger partial charge in [0.25, 0.3) is 0 Å². The maximum absolute atomic E-state index is 13.8. The van der Waals surface area contributed by atoms with Crippen LogP contribution in [0.25, 0.3) is 0 Å². The van der Waals surface area contributed by atoms with Crippen molar-refractivity contribution in [2.24, 2.45) is 5.92 Å². The standard InChI is InChI=1S/C17H25F2NO/c1-12-7-9-17(10-8-12,20(2)3)16(21)11-13-14(18)5-4-6-15(13)19/h4-6,12,16,21H,7-11H2,1-3H3. The molecule has 0 saturated heterocycles. The smallest absolute Gasteiger partial charge is 0.129 e. The summed E-state index contributed by atoms with van der Waals surface area (Å²) < 4.78 is 27.6. The van der Waals surface area contributed by atoms with Gasteiger partial charge in [-0.05, 0) is 57.8 Å². The van der Waals surface area contributed by atoms with Gasteiger partial charge in [0.2, 0.25) is 0 Å². The van der Waals surface area contributed by atoms with Crippen molar-refractivity contribution in [3.8, 4) is 0 Å². The third-order valence-corrected chi connectivity index (χ3v) is 5.11. The SMILES string of the molecule is CC1CCC(C(O)Cc2c(F)cccc2F)(N(C)C)CC1. The molecule has 0 spiro atoms. The summed E-state index contributed by atoms with van der Waals surface area (Å²) in [7, 11) is 3.88. The zero-order chi connectivity index (χ0) is 15.6. The first-order chi connectivity index (χ1) is 9.86. The molecule has 1 atom stereocenters. The molecule has 1 aromatic carbocycles. The van der Waals surface area contributed by atoms with Crippen molar-refractivity contribution in [2.75, 3.05) is 14.1 Å². The number of benzene rings is 1. The molecule has 0 radical (unpaired) electrons.